The van der Waals surface area contributed by atoms with Crippen LogP contribution in [0.3, 0.4) is 0 Å². The Bertz CT molecular complexity index is 508. The number of halogens is 1. The molecule has 0 saturated carbocycles. The van der Waals surface area contributed by atoms with Crippen LogP contribution in [0.5, 0.6) is 0 Å². The predicted octanol–water partition coefficient (Wildman–Crippen LogP) is 4.04. The SMILES string of the molecule is CCC(CNc1cc(Cl)nc(C)n1)c1ccccc1. The van der Waals surface area contributed by atoms with Crippen LogP contribution >= 0.6 is 11.6 Å². The van der Waals surface area contributed by atoms with E-state index < -0.39 is 0 Å². The van der Waals surface area contributed by atoms with Crippen molar-refractivity contribution in [2.24, 2.45) is 0 Å². The van der Waals surface area contributed by atoms with Crippen molar-refractivity contribution < 1.29 is 0 Å². The maximum Gasteiger partial charge on any atom is 0.134 e. The molecule has 19 heavy (non-hydrogen) atoms. The molecule has 100 valence electrons. The van der Waals surface area contributed by atoms with Gasteiger partial charge in [0.25, 0.3) is 0 Å². The fourth-order valence-corrected chi connectivity index (χ4v) is 2.30. The van der Waals surface area contributed by atoms with Crippen LogP contribution in [0.1, 0.15) is 30.7 Å². The second-order valence-electron chi connectivity index (χ2n) is 4.52. The molecule has 0 aliphatic rings. The monoisotopic (exact) mass is 275 g/mol. The van der Waals surface area contributed by atoms with E-state index in [2.05, 4.69) is 46.5 Å². The number of hydrogen-bond acceptors (Lipinski definition) is 3. The molecule has 2 rings (SSSR count). The minimum atomic E-state index is 0.468. The highest BCUT2D eigenvalue weighted by Crippen LogP contribution is 2.20. The Balaban J connectivity index is 2.04. The van der Waals surface area contributed by atoms with Gasteiger partial charge >= 0.3 is 0 Å². The summed E-state index contributed by atoms with van der Waals surface area (Å²) in [5.74, 6) is 1.94. The zero-order chi connectivity index (χ0) is 13.7. The molecule has 1 N–H and O–H groups in total. The molecule has 2 aromatic rings. The van der Waals surface area contributed by atoms with Crippen LogP contribution in [-0.4, -0.2) is 16.5 Å². The molecule has 0 spiro atoms. The molecule has 3 nitrogen and oxygen atoms in total. The summed E-state index contributed by atoms with van der Waals surface area (Å²) in [5, 5.41) is 3.82. The second kappa shape index (κ2) is 6.53. The summed E-state index contributed by atoms with van der Waals surface area (Å²) in [6.07, 6.45) is 1.08. The molecular formula is C15H18ClN3. The van der Waals surface area contributed by atoms with E-state index in [1.807, 2.05) is 13.0 Å². The average molecular weight is 276 g/mol. The van der Waals surface area contributed by atoms with E-state index in [0.717, 1.165) is 18.8 Å². The molecule has 4 heteroatoms. The van der Waals surface area contributed by atoms with Crippen molar-refractivity contribution in [3.05, 3.63) is 52.9 Å². The van der Waals surface area contributed by atoms with Gasteiger partial charge in [-0.1, -0.05) is 48.9 Å². The Kier molecular flexibility index (Phi) is 4.74. The molecule has 1 heterocycles. The Labute approximate surface area is 119 Å². The fourth-order valence-electron chi connectivity index (χ4n) is 2.07. The first kappa shape index (κ1) is 13.8. The smallest absolute Gasteiger partial charge is 0.134 e. The predicted molar refractivity (Wildman–Crippen MR) is 79.7 cm³/mol. The van der Waals surface area contributed by atoms with E-state index >= 15 is 0 Å². The van der Waals surface area contributed by atoms with Gasteiger partial charge in [0.1, 0.15) is 16.8 Å². The molecule has 0 saturated heterocycles. The van der Waals surface area contributed by atoms with E-state index in [0.29, 0.717) is 16.9 Å². The highest BCUT2D eigenvalue weighted by molar-refractivity contribution is 6.29. The summed E-state index contributed by atoms with van der Waals surface area (Å²) in [6.45, 7) is 4.87. The molecule has 0 fully saturated rings. The summed E-state index contributed by atoms with van der Waals surface area (Å²) >= 11 is 5.93. The Morgan fingerprint density at radius 1 is 1.21 bits per heavy atom. The first-order valence-corrected chi connectivity index (χ1v) is 6.87. The second-order valence-corrected chi connectivity index (χ2v) is 4.91. The maximum atomic E-state index is 5.93. The van der Waals surface area contributed by atoms with Gasteiger partial charge in [0.2, 0.25) is 0 Å². The van der Waals surface area contributed by atoms with Gasteiger partial charge in [-0.2, -0.15) is 0 Å². The number of aromatic nitrogens is 2. The number of hydrogen-bond donors (Lipinski definition) is 1. The Morgan fingerprint density at radius 2 is 1.95 bits per heavy atom. The lowest BCUT2D eigenvalue weighted by Crippen LogP contribution is -2.13. The topological polar surface area (TPSA) is 37.8 Å². The number of nitrogens with zero attached hydrogens (tertiary/aromatic N) is 2. The van der Waals surface area contributed by atoms with Crippen molar-refractivity contribution in [1.82, 2.24) is 9.97 Å². The first-order chi connectivity index (χ1) is 9.19. The van der Waals surface area contributed by atoms with Gasteiger partial charge in [-0.25, -0.2) is 9.97 Å². The van der Waals surface area contributed by atoms with Crippen LogP contribution in [-0.2, 0) is 0 Å². The van der Waals surface area contributed by atoms with E-state index in [4.69, 9.17) is 11.6 Å². The van der Waals surface area contributed by atoms with Gasteiger partial charge in [0.15, 0.2) is 0 Å². The van der Waals surface area contributed by atoms with Crippen LogP contribution in [0.2, 0.25) is 5.15 Å². The number of rotatable bonds is 5. The number of anilines is 1. The third-order valence-corrected chi connectivity index (χ3v) is 3.29. The maximum absolute atomic E-state index is 5.93. The summed E-state index contributed by atoms with van der Waals surface area (Å²) < 4.78 is 0. The minimum absolute atomic E-state index is 0.468. The van der Waals surface area contributed by atoms with Crippen LogP contribution in [0, 0.1) is 6.92 Å². The van der Waals surface area contributed by atoms with Crippen LogP contribution in [0.15, 0.2) is 36.4 Å². The molecule has 0 radical (unpaired) electrons. The Hall–Kier alpha value is -1.61. The van der Waals surface area contributed by atoms with Crippen LogP contribution in [0.4, 0.5) is 5.82 Å². The van der Waals surface area contributed by atoms with E-state index in [1.54, 1.807) is 6.07 Å². The Morgan fingerprint density at radius 3 is 2.58 bits per heavy atom. The van der Waals surface area contributed by atoms with Crippen LogP contribution < -0.4 is 5.32 Å². The normalized spacial score (nSPS) is 12.2. The lowest BCUT2D eigenvalue weighted by atomic mass is 9.96. The molecule has 1 unspecified atom stereocenters. The number of benzene rings is 1. The average Bonchev–Trinajstić information content (AvgIpc) is 2.39. The standard InChI is InChI=1S/C15H18ClN3/c1-3-12(13-7-5-4-6-8-13)10-17-15-9-14(16)18-11(2)19-15/h4-9,12H,3,10H2,1-2H3,(H,17,18,19). The minimum Gasteiger partial charge on any atom is -0.369 e. The molecule has 1 aromatic heterocycles. The van der Waals surface area contributed by atoms with Crippen molar-refractivity contribution >= 4 is 17.4 Å². The van der Waals surface area contributed by atoms with Gasteiger partial charge in [-0.05, 0) is 18.9 Å². The van der Waals surface area contributed by atoms with Crippen molar-refractivity contribution in [3.63, 3.8) is 0 Å². The largest absolute Gasteiger partial charge is 0.369 e. The zero-order valence-electron chi connectivity index (χ0n) is 11.2. The fraction of sp³-hybridized carbons (Fsp3) is 0.333. The molecule has 0 amide bonds. The van der Waals surface area contributed by atoms with Gasteiger partial charge in [0, 0.05) is 18.5 Å². The molecular weight excluding hydrogens is 258 g/mol. The summed E-state index contributed by atoms with van der Waals surface area (Å²) in [6, 6.07) is 12.3. The van der Waals surface area contributed by atoms with E-state index in [1.165, 1.54) is 5.56 Å². The highest BCUT2D eigenvalue weighted by Gasteiger charge is 2.09. The van der Waals surface area contributed by atoms with Gasteiger partial charge in [0.05, 0.1) is 0 Å². The van der Waals surface area contributed by atoms with Crippen LogP contribution in [0.25, 0.3) is 0 Å². The highest BCUT2D eigenvalue weighted by atomic mass is 35.5. The molecule has 0 bridgehead atoms. The van der Waals surface area contributed by atoms with Crippen molar-refractivity contribution in [1.29, 1.82) is 0 Å². The van der Waals surface area contributed by atoms with Crippen molar-refractivity contribution in [2.75, 3.05) is 11.9 Å². The van der Waals surface area contributed by atoms with Gasteiger partial charge in [-0.15, -0.1) is 0 Å². The number of nitrogens with one attached hydrogen (secondary N) is 1. The van der Waals surface area contributed by atoms with Crippen molar-refractivity contribution in [3.8, 4) is 0 Å². The lowest BCUT2D eigenvalue weighted by molar-refractivity contribution is 0.693. The van der Waals surface area contributed by atoms with Gasteiger partial charge < -0.3 is 5.32 Å². The van der Waals surface area contributed by atoms with E-state index in [-0.39, 0.29) is 0 Å². The molecule has 0 aliphatic heterocycles. The first-order valence-electron chi connectivity index (χ1n) is 6.49. The molecule has 0 aliphatic carbocycles. The van der Waals surface area contributed by atoms with Crippen molar-refractivity contribution in [2.45, 2.75) is 26.2 Å². The third kappa shape index (κ3) is 3.93. The third-order valence-electron chi connectivity index (χ3n) is 3.10. The summed E-state index contributed by atoms with van der Waals surface area (Å²) in [5.41, 5.74) is 1.34. The number of aryl methyl sites for hydroxylation is 1. The lowest BCUT2D eigenvalue weighted by Gasteiger charge is -2.16. The summed E-state index contributed by atoms with van der Waals surface area (Å²) in [4.78, 5) is 8.38. The zero-order valence-corrected chi connectivity index (χ0v) is 12.0. The molecule has 1 aromatic carbocycles. The van der Waals surface area contributed by atoms with E-state index in [9.17, 15) is 0 Å². The van der Waals surface area contributed by atoms with Gasteiger partial charge in [-0.3, -0.25) is 0 Å². The quantitative estimate of drug-likeness (QED) is 0.837. The summed E-state index contributed by atoms with van der Waals surface area (Å²) in [7, 11) is 0. The molecule has 1 atom stereocenters.